The molecule has 3 heteroatoms. The first-order valence-electron chi connectivity index (χ1n) is 3.30. The van der Waals surface area contributed by atoms with E-state index in [1.807, 2.05) is 37.3 Å². The first kappa shape index (κ1) is 8.52. The molecule has 0 aliphatic rings. The van der Waals surface area contributed by atoms with Gasteiger partial charge in [0, 0.05) is 0 Å². The molecule has 0 saturated heterocycles. The topological polar surface area (TPSA) is 24.4 Å². The summed E-state index contributed by atoms with van der Waals surface area (Å²) in [5.74, 6) is 0. The third-order valence-electron chi connectivity index (χ3n) is 1.11. The number of hydrazone groups is 1. The highest BCUT2D eigenvalue weighted by molar-refractivity contribution is 14.1. The molecule has 2 nitrogen and oxygen atoms in total. The summed E-state index contributed by atoms with van der Waals surface area (Å²) in [7, 11) is 0. The van der Waals surface area contributed by atoms with Gasteiger partial charge in [0.1, 0.15) is 0 Å². The molecular weight excluding hydrogens is 251 g/mol. The maximum absolute atomic E-state index is 4.05. The van der Waals surface area contributed by atoms with Gasteiger partial charge in [-0.1, -0.05) is 18.2 Å². The summed E-state index contributed by atoms with van der Waals surface area (Å²) in [4.78, 5) is 0. The van der Waals surface area contributed by atoms with E-state index in [0.717, 1.165) is 9.41 Å². The van der Waals surface area contributed by atoms with Gasteiger partial charge < -0.3 is 0 Å². The number of rotatable bonds is 2. The van der Waals surface area contributed by atoms with Crippen LogP contribution in [0, 0.1) is 0 Å². The van der Waals surface area contributed by atoms with Crippen LogP contribution in [-0.2, 0) is 0 Å². The summed E-state index contributed by atoms with van der Waals surface area (Å²) in [6.07, 6.45) is 0. The Morgan fingerprint density at radius 1 is 1.36 bits per heavy atom. The molecule has 0 heterocycles. The lowest BCUT2D eigenvalue weighted by Gasteiger charge is -1.97. The summed E-state index contributed by atoms with van der Waals surface area (Å²) in [6, 6.07) is 9.87. The Hall–Kier alpha value is -0.580. The van der Waals surface area contributed by atoms with E-state index in [1.54, 1.807) is 0 Å². The fraction of sp³-hybridized carbons (Fsp3) is 0.125. The van der Waals surface area contributed by atoms with E-state index < -0.39 is 0 Å². The third kappa shape index (κ3) is 3.36. The second-order valence-electron chi connectivity index (χ2n) is 2.09. The van der Waals surface area contributed by atoms with Gasteiger partial charge in [0.25, 0.3) is 0 Å². The van der Waals surface area contributed by atoms with Crippen molar-refractivity contribution in [3.8, 4) is 0 Å². The van der Waals surface area contributed by atoms with Gasteiger partial charge in [-0.2, -0.15) is 5.10 Å². The SMILES string of the molecule is C/C(I)=N\Nc1ccccc1. The first-order chi connectivity index (χ1) is 5.29. The molecule has 0 spiro atoms. The molecule has 0 fully saturated rings. The maximum Gasteiger partial charge on any atom is 0.0955 e. The van der Waals surface area contributed by atoms with Gasteiger partial charge in [0.2, 0.25) is 0 Å². The number of anilines is 1. The smallest absolute Gasteiger partial charge is 0.0955 e. The fourth-order valence-corrected chi connectivity index (χ4v) is 0.775. The van der Waals surface area contributed by atoms with Gasteiger partial charge in [0.15, 0.2) is 0 Å². The predicted molar refractivity (Wildman–Crippen MR) is 57.2 cm³/mol. The highest BCUT2D eigenvalue weighted by Crippen LogP contribution is 2.04. The number of benzene rings is 1. The Labute approximate surface area is 79.8 Å². The van der Waals surface area contributed by atoms with Crippen LogP contribution in [0.4, 0.5) is 5.69 Å². The van der Waals surface area contributed by atoms with Crippen molar-refractivity contribution in [1.82, 2.24) is 0 Å². The minimum absolute atomic E-state index is 0.992. The zero-order valence-corrected chi connectivity index (χ0v) is 8.37. The van der Waals surface area contributed by atoms with Crippen LogP contribution in [0.1, 0.15) is 6.92 Å². The third-order valence-corrected chi connectivity index (χ3v) is 1.35. The van der Waals surface area contributed by atoms with E-state index in [1.165, 1.54) is 0 Å². The van der Waals surface area contributed by atoms with Crippen molar-refractivity contribution in [2.24, 2.45) is 5.10 Å². The summed E-state index contributed by atoms with van der Waals surface area (Å²) >= 11 is 2.16. The summed E-state index contributed by atoms with van der Waals surface area (Å²) in [6.45, 7) is 1.94. The number of nitrogens with one attached hydrogen (secondary N) is 1. The largest absolute Gasteiger partial charge is 0.278 e. The van der Waals surface area contributed by atoms with Crippen LogP contribution >= 0.6 is 22.6 Å². The van der Waals surface area contributed by atoms with Crippen LogP contribution in [0.2, 0.25) is 0 Å². The van der Waals surface area contributed by atoms with Crippen LogP contribution in [0.25, 0.3) is 0 Å². The molecule has 0 bridgehead atoms. The Morgan fingerprint density at radius 3 is 2.55 bits per heavy atom. The van der Waals surface area contributed by atoms with Crippen molar-refractivity contribution < 1.29 is 0 Å². The second-order valence-corrected chi connectivity index (χ2v) is 3.65. The lowest BCUT2D eigenvalue weighted by molar-refractivity contribution is 1.35. The molecule has 1 rings (SSSR count). The zero-order chi connectivity index (χ0) is 8.10. The van der Waals surface area contributed by atoms with Gasteiger partial charge in [-0.05, 0) is 41.6 Å². The summed E-state index contributed by atoms with van der Waals surface area (Å²) in [5.41, 5.74) is 3.94. The highest BCUT2D eigenvalue weighted by atomic mass is 127. The van der Waals surface area contributed by atoms with Crippen molar-refractivity contribution in [2.45, 2.75) is 6.92 Å². The van der Waals surface area contributed by atoms with Gasteiger partial charge >= 0.3 is 0 Å². The molecule has 0 aliphatic carbocycles. The molecule has 11 heavy (non-hydrogen) atoms. The van der Waals surface area contributed by atoms with E-state index in [9.17, 15) is 0 Å². The predicted octanol–water partition coefficient (Wildman–Crippen LogP) is 2.87. The highest BCUT2D eigenvalue weighted by Gasteiger charge is 1.84. The maximum atomic E-state index is 4.05. The summed E-state index contributed by atoms with van der Waals surface area (Å²) < 4.78 is 0.992. The van der Waals surface area contributed by atoms with Crippen molar-refractivity contribution in [3.05, 3.63) is 30.3 Å². The molecular formula is C8H9IN2. The molecule has 1 N–H and O–H groups in total. The number of para-hydroxylation sites is 1. The Morgan fingerprint density at radius 2 is 2.00 bits per heavy atom. The minimum Gasteiger partial charge on any atom is -0.278 e. The van der Waals surface area contributed by atoms with Crippen molar-refractivity contribution in [2.75, 3.05) is 5.43 Å². The number of hydrogen-bond acceptors (Lipinski definition) is 2. The molecule has 58 valence electrons. The lowest BCUT2D eigenvalue weighted by atomic mass is 10.3. The van der Waals surface area contributed by atoms with Crippen LogP contribution in [-0.4, -0.2) is 3.72 Å². The fourth-order valence-electron chi connectivity index (χ4n) is 0.654. The van der Waals surface area contributed by atoms with Gasteiger partial charge in [-0.25, -0.2) is 0 Å². The average Bonchev–Trinajstić information content (AvgIpc) is 2.03. The van der Waals surface area contributed by atoms with Crippen LogP contribution in [0.5, 0.6) is 0 Å². The molecule has 0 radical (unpaired) electrons. The normalized spacial score (nSPS) is 11.3. The summed E-state index contributed by atoms with van der Waals surface area (Å²) in [5, 5.41) is 4.05. The van der Waals surface area contributed by atoms with E-state index in [2.05, 4.69) is 33.1 Å². The molecule has 1 aromatic carbocycles. The minimum atomic E-state index is 0.992. The van der Waals surface area contributed by atoms with Crippen molar-refractivity contribution in [3.63, 3.8) is 0 Å². The molecule has 0 aromatic heterocycles. The van der Waals surface area contributed by atoms with Crippen molar-refractivity contribution >= 4 is 32.0 Å². The monoisotopic (exact) mass is 260 g/mol. The number of nitrogens with zero attached hydrogens (tertiary/aromatic N) is 1. The number of hydrogen-bond donors (Lipinski definition) is 1. The van der Waals surface area contributed by atoms with E-state index in [4.69, 9.17) is 0 Å². The zero-order valence-electron chi connectivity index (χ0n) is 6.21. The van der Waals surface area contributed by atoms with Gasteiger partial charge in [-0.15, -0.1) is 0 Å². The Bertz CT molecular complexity index is 240. The molecule has 0 unspecified atom stereocenters. The van der Waals surface area contributed by atoms with Crippen LogP contribution in [0.3, 0.4) is 0 Å². The van der Waals surface area contributed by atoms with E-state index in [0.29, 0.717) is 0 Å². The quantitative estimate of drug-likeness (QED) is 0.493. The van der Waals surface area contributed by atoms with Crippen molar-refractivity contribution in [1.29, 1.82) is 0 Å². The Balaban J connectivity index is 2.59. The average molecular weight is 260 g/mol. The number of halogens is 1. The van der Waals surface area contributed by atoms with E-state index in [-0.39, 0.29) is 0 Å². The van der Waals surface area contributed by atoms with Crippen LogP contribution < -0.4 is 5.43 Å². The molecule has 0 atom stereocenters. The lowest BCUT2D eigenvalue weighted by Crippen LogP contribution is -1.89. The molecule has 0 amide bonds. The molecule has 1 aromatic rings. The molecule has 0 saturated carbocycles. The first-order valence-corrected chi connectivity index (χ1v) is 4.38. The second kappa shape index (κ2) is 4.33. The van der Waals surface area contributed by atoms with Gasteiger partial charge in [0.05, 0.1) is 9.41 Å². The van der Waals surface area contributed by atoms with Crippen LogP contribution in [0.15, 0.2) is 35.4 Å². The standard InChI is InChI=1S/C8H9IN2/c1-7(9)10-11-8-5-3-2-4-6-8/h2-6,11H,1H3/b10-7+. The Kier molecular flexibility index (Phi) is 3.35. The molecule has 0 aliphatic heterocycles. The van der Waals surface area contributed by atoms with E-state index >= 15 is 0 Å². The van der Waals surface area contributed by atoms with Gasteiger partial charge in [-0.3, -0.25) is 5.43 Å².